The van der Waals surface area contributed by atoms with E-state index < -0.39 is 0 Å². The molecule has 0 spiro atoms. The van der Waals surface area contributed by atoms with E-state index in [1.54, 1.807) is 12.1 Å². The molecule has 110 valence electrons. The minimum atomic E-state index is -0.175. The number of rotatable bonds is 1. The van der Waals surface area contributed by atoms with Gasteiger partial charge in [-0.25, -0.2) is 0 Å². The van der Waals surface area contributed by atoms with Crippen LogP contribution in [0.3, 0.4) is 0 Å². The molecule has 0 amide bonds. The van der Waals surface area contributed by atoms with Gasteiger partial charge in [0.05, 0.1) is 16.6 Å². The molecule has 0 atom stereocenters. The van der Waals surface area contributed by atoms with Crippen molar-refractivity contribution < 1.29 is 9.47 Å². The molecule has 5 nitrogen and oxygen atoms in total. The van der Waals surface area contributed by atoms with Crippen LogP contribution in [0.1, 0.15) is 5.56 Å². The van der Waals surface area contributed by atoms with Crippen molar-refractivity contribution in [3.05, 3.63) is 57.1 Å². The van der Waals surface area contributed by atoms with Crippen molar-refractivity contribution >= 4 is 23.1 Å². The summed E-state index contributed by atoms with van der Waals surface area (Å²) >= 11 is 5.37. The fraction of sp³-hybridized carbons (Fsp3) is 0.125. The first-order chi connectivity index (χ1) is 10.6. The van der Waals surface area contributed by atoms with Crippen molar-refractivity contribution in [1.82, 2.24) is 9.55 Å². The highest BCUT2D eigenvalue weighted by Gasteiger charge is 2.17. The largest absolute Gasteiger partial charge is 0.454 e. The zero-order valence-electron chi connectivity index (χ0n) is 11.8. The van der Waals surface area contributed by atoms with Crippen LogP contribution in [0.25, 0.3) is 16.6 Å². The van der Waals surface area contributed by atoms with Gasteiger partial charge >= 0.3 is 0 Å². The Balaban J connectivity index is 2.09. The van der Waals surface area contributed by atoms with E-state index in [-0.39, 0.29) is 12.4 Å². The van der Waals surface area contributed by atoms with Gasteiger partial charge in [0, 0.05) is 6.07 Å². The van der Waals surface area contributed by atoms with E-state index in [0.717, 1.165) is 11.3 Å². The second-order valence-corrected chi connectivity index (χ2v) is 5.49. The Labute approximate surface area is 130 Å². The summed E-state index contributed by atoms with van der Waals surface area (Å²) in [5.41, 5.74) is 2.22. The molecule has 1 N–H and O–H groups in total. The molecule has 2 aromatic carbocycles. The molecule has 2 heterocycles. The lowest BCUT2D eigenvalue weighted by molar-refractivity contribution is 0.174. The Morgan fingerprint density at radius 1 is 1.18 bits per heavy atom. The van der Waals surface area contributed by atoms with E-state index in [0.29, 0.717) is 27.2 Å². The second kappa shape index (κ2) is 4.71. The second-order valence-electron chi connectivity index (χ2n) is 5.11. The summed E-state index contributed by atoms with van der Waals surface area (Å²) in [6, 6.07) is 11.1. The van der Waals surface area contributed by atoms with Gasteiger partial charge in [-0.1, -0.05) is 18.2 Å². The molecule has 1 aromatic heterocycles. The van der Waals surface area contributed by atoms with Crippen LogP contribution in [0, 0.1) is 11.7 Å². The van der Waals surface area contributed by atoms with Crippen molar-refractivity contribution in [2.24, 2.45) is 0 Å². The maximum Gasteiger partial charge on any atom is 0.266 e. The topological polar surface area (TPSA) is 56.2 Å². The fourth-order valence-electron chi connectivity index (χ4n) is 2.64. The number of H-pyrrole nitrogens is 1. The van der Waals surface area contributed by atoms with Crippen LogP contribution < -0.4 is 15.0 Å². The molecule has 22 heavy (non-hydrogen) atoms. The zero-order chi connectivity index (χ0) is 15.3. The van der Waals surface area contributed by atoms with Crippen LogP contribution in [0.15, 0.2) is 41.2 Å². The molecule has 1 aliphatic heterocycles. The Kier molecular flexibility index (Phi) is 2.80. The Morgan fingerprint density at radius 2 is 1.91 bits per heavy atom. The molecule has 0 fully saturated rings. The van der Waals surface area contributed by atoms with Gasteiger partial charge in [0.2, 0.25) is 6.79 Å². The van der Waals surface area contributed by atoms with Crippen molar-refractivity contribution in [3.63, 3.8) is 0 Å². The van der Waals surface area contributed by atoms with Crippen LogP contribution in [-0.4, -0.2) is 16.3 Å². The van der Waals surface area contributed by atoms with E-state index in [2.05, 4.69) is 4.98 Å². The smallest absolute Gasteiger partial charge is 0.266 e. The summed E-state index contributed by atoms with van der Waals surface area (Å²) in [4.78, 5) is 16.0. The summed E-state index contributed by atoms with van der Waals surface area (Å²) in [5.74, 6) is 1.19. The number of nitrogens with zero attached hydrogens (tertiary/aromatic N) is 1. The van der Waals surface area contributed by atoms with Crippen LogP contribution in [0.2, 0.25) is 0 Å². The number of aromatic nitrogens is 2. The third-order valence-electron chi connectivity index (χ3n) is 3.75. The molecule has 1 aliphatic rings. The lowest BCUT2D eigenvalue weighted by Gasteiger charge is -2.11. The highest BCUT2D eigenvalue weighted by molar-refractivity contribution is 7.71. The van der Waals surface area contributed by atoms with E-state index in [9.17, 15) is 4.79 Å². The summed E-state index contributed by atoms with van der Waals surface area (Å²) in [6.07, 6.45) is 0. The van der Waals surface area contributed by atoms with Crippen molar-refractivity contribution in [3.8, 4) is 17.2 Å². The maximum atomic E-state index is 12.9. The number of aryl methyl sites for hydroxylation is 1. The molecule has 3 aromatic rings. The lowest BCUT2D eigenvalue weighted by atomic mass is 10.2. The molecule has 0 saturated heterocycles. The maximum absolute atomic E-state index is 12.9. The first-order valence-corrected chi connectivity index (χ1v) is 7.20. The molecule has 0 saturated carbocycles. The Hall–Kier alpha value is -2.60. The van der Waals surface area contributed by atoms with Crippen molar-refractivity contribution in [2.45, 2.75) is 6.92 Å². The highest BCUT2D eigenvalue weighted by Crippen LogP contribution is 2.34. The number of fused-ring (bicyclic) bond motifs is 2. The summed E-state index contributed by atoms with van der Waals surface area (Å²) in [6.45, 7) is 2.11. The Morgan fingerprint density at radius 3 is 2.68 bits per heavy atom. The van der Waals surface area contributed by atoms with Gasteiger partial charge in [-0.05, 0) is 36.8 Å². The number of aromatic amines is 1. The molecule has 4 rings (SSSR count). The predicted octanol–water partition coefficient (Wildman–Crippen LogP) is 3.09. The van der Waals surface area contributed by atoms with E-state index >= 15 is 0 Å². The molecule has 6 heteroatoms. The minimum absolute atomic E-state index is 0.165. The average Bonchev–Trinajstić information content (AvgIpc) is 2.95. The van der Waals surface area contributed by atoms with E-state index in [4.69, 9.17) is 21.7 Å². The number of nitrogens with one attached hydrogen (secondary N) is 1. The van der Waals surface area contributed by atoms with Crippen LogP contribution in [0.5, 0.6) is 11.5 Å². The number of benzene rings is 2. The average molecular weight is 312 g/mol. The van der Waals surface area contributed by atoms with Gasteiger partial charge in [-0.15, -0.1) is 0 Å². The van der Waals surface area contributed by atoms with Gasteiger partial charge in [0.15, 0.2) is 16.3 Å². The quantitative estimate of drug-likeness (QED) is 0.702. The third kappa shape index (κ3) is 1.84. The standard InChI is InChI=1S/C16H12N2O3S/c1-9-4-2-3-5-12(9)18-15(19)10-6-13-14(21-8-20-13)7-11(10)17-16(18)22/h2-7H,8H2,1H3,(H,17,22). The SMILES string of the molecule is Cc1ccccc1-n1c(=S)[nH]c2cc3c(cc2c1=O)OCO3. The summed E-state index contributed by atoms with van der Waals surface area (Å²) in [7, 11) is 0. The van der Waals surface area contributed by atoms with Gasteiger partial charge in [0.25, 0.3) is 5.56 Å². The summed E-state index contributed by atoms with van der Waals surface area (Å²) < 4.78 is 12.5. The van der Waals surface area contributed by atoms with Crippen LogP contribution in [-0.2, 0) is 0 Å². The zero-order valence-corrected chi connectivity index (χ0v) is 12.6. The minimum Gasteiger partial charge on any atom is -0.454 e. The van der Waals surface area contributed by atoms with Gasteiger partial charge in [0.1, 0.15) is 0 Å². The van der Waals surface area contributed by atoms with Gasteiger partial charge < -0.3 is 14.5 Å². The lowest BCUT2D eigenvalue weighted by Crippen LogP contribution is -2.21. The summed E-state index contributed by atoms with van der Waals surface area (Å²) in [5, 5.41) is 0.515. The number of hydrogen-bond donors (Lipinski definition) is 1. The number of hydrogen-bond acceptors (Lipinski definition) is 4. The van der Waals surface area contributed by atoms with Gasteiger partial charge in [-0.3, -0.25) is 9.36 Å². The number of ether oxygens (including phenoxy) is 2. The third-order valence-corrected chi connectivity index (χ3v) is 4.03. The first-order valence-electron chi connectivity index (χ1n) is 6.80. The van der Waals surface area contributed by atoms with Crippen molar-refractivity contribution in [2.75, 3.05) is 6.79 Å². The molecule has 0 aliphatic carbocycles. The monoisotopic (exact) mass is 312 g/mol. The van der Waals surface area contributed by atoms with E-state index in [1.165, 1.54) is 4.57 Å². The normalized spacial score (nSPS) is 12.8. The van der Waals surface area contributed by atoms with E-state index in [1.807, 2.05) is 31.2 Å². The first kappa shape index (κ1) is 13.1. The van der Waals surface area contributed by atoms with Crippen LogP contribution >= 0.6 is 12.2 Å². The molecule has 0 bridgehead atoms. The molecular weight excluding hydrogens is 300 g/mol. The molecule has 0 radical (unpaired) electrons. The Bertz CT molecular complexity index is 1020. The van der Waals surface area contributed by atoms with Crippen LogP contribution in [0.4, 0.5) is 0 Å². The number of para-hydroxylation sites is 1. The fourth-order valence-corrected chi connectivity index (χ4v) is 2.93. The molecule has 0 unspecified atom stereocenters. The van der Waals surface area contributed by atoms with Gasteiger partial charge in [-0.2, -0.15) is 0 Å². The highest BCUT2D eigenvalue weighted by atomic mass is 32.1. The predicted molar refractivity (Wildman–Crippen MR) is 85.6 cm³/mol. The van der Waals surface area contributed by atoms with Crippen molar-refractivity contribution in [1.29, 1.82) is 0 Å². The molecular formula is C16H12N2O3S.